The summed E-state index contributed by atoms with van der Waals surface area (Å²) in [5.41, 5.74) is 0. The van der Waals surface area contributed by atoms with Gasteiger partial charge in [-0.15, -0.1) is 0 Å². The summed E-state index contributed by atoms with van der Waals surface area (Å²) in [4.78, 5) is 4.27. The Morgan fingerprint density at radius 3 is 2.94 bits per heavy atom. The van der Waals surface area contributed by atoms with E-state index in [9.17, 15) is 0 Å². The Balaban J connectivity index is 2.42. The SMILES string of the molecule is CCCNC(CCCOC)Cc1ncnn1C. The summed E-state index contributed by atoms with van der Waals surface area (Å²) < 4.78 is 6.94. The molecule has 1 unspecified atom stereocenters. The summed E-state index contributed by atoms with van der Waals surface area (Å²) in [6, 6.07) is 0.466. The number of aryl methyl sites for hydroxylation is 1. The van der Waals surface area contributed by atoms with Crippen LogP contribution in [0.4, 0.5) is 0 Å². The van der Waals surface area contributed by atoms with Crippen LogP contribution in [0.15, 0.2) is 6.33 Å². The quantitative estimate of drug-likeness (QED) is 0.658. The maximum atomic E-state index is 5.09. The Hall–Kier alpha value is -0.940. The van der Waals surface area contributed by atoms with Gasteiger partial charge in [0.1, 0.15) is 12.2 Å². The lowest BCUT2D eigenvalue weighted by molar-refractivity contribution is 0.188. The lowest BCUT2D eigenvalue weighted by Crippen LogP contribution is -2.33. The van der Waals surface area contributed by atoms with Crippen LogP contribution in [0.1, 0.15) is 32.0 Å². The van der Waals surface area contributed by atoms with E-state index in [2.05, 4.69) is 22.3 Å². The predicted octanol–water partition coefficient (Wildman–Crippen LogP) is 1.15. The van der Waals surface area contributed by atoms with Gasteiger partial charge in [-0.25, -0.2) is 4.98 Å². The molecule has 98 valence electrons. The molecule has 1 aromatic rings. The van der Waals surface area contributed by atoms with Gasteiger partial charge in [0, 0.05) is 33.2 Å². The molecule has 1 heterocycles. The molecule has 1 aromatic heterocycles. The van der Waals surface area contributed by atoms with Gasteiger partial charge in [0.05, 0.1) is 0 Å². The van der Waals surface area contributed by atoms with Crippen molar-refractivity contribution in [1.29, 1.82) is 0 Å². The summed E-state index contributed by atoms with van der Waals surface area (Å²) >= 11 is 0. The highest BCUT2D eigenvalue weighted by Gasteiger charge is 2.11. The van der Waals surface area contributed by atoms with Gasteiger partial charge >= 0.3 is 0 Å². The molecule has 17 heavy (non-hydrogen) atoms. The van der Waals surface area contributed by atoms with Crippen LogP contribution in [-0.2, 0) is 18.2 Å². The molecule has 0 aliphatic heterocycles. The molecular formula is C12H24N4O. The number of nitrogens with one attached hydrogen (secondary N) is 1. The molecule has 0 saturated heterocycles. The van der Waals surface area contributed by atoms with Gasteiger partial charge in [-0.1, -0.05) is 6.92 Å². The van der Waals surface area contributed by atoms with E-state index >= 15 is 0 Å². The minimum absolute atomic E-state index is 0.466. The lowest BCUT2D eigenvalue weighted by Gasteiger charge is -2.17. The maximum Gasteiger partial charge on any atom is 0.138 e. The molecular weight excluding hydrogens is 216 g/mol. The first-order valence-electron chi connectivity index (χ1n) is 6.33. The number of rotatable bonds is 9. The lowest BCUT2D eigenvalue weighted by atomic mass is 10.1. The monoisotopic (exact) mass is 240 g/mol. The number of nitrogens with zero attached hydrogens (tertiary/aromatic N) is 3. The van der Waals surface area contributed by atoms with E-state index < -0.39 is 0 Å². The molecule has 0 spiro atoms. The Morgan fingerprint density at radius 2 is 2.35 bits per heavy atom. The summed E-state index contributed by atoms with van der Waals surface area (Å²) in [7, 11) is 3.69. The number of methoxy groups -OCH3 is 1. The van der Waals surface area contributed by atoms with Gasteiger partial charge in [-0.05, 0) is 25.8 Å². The van der Waals surface area contributed by atoms with E-state index in [4.69, 9.17) is 4.74 Å². The molecule has 0 fully saturated rings. The van der Waals surface area contributed by atoms with Crippen molar-refractivity contribution in [2.75, 3.05) is 20.3 Å². The van der Waals surface area contributed by atoms with Crippen molar-refractivity contribution in [3.05, 3.63) is 12.2 Å². The summed E-state index contributed by atoms with van der Waals surface area (Å²) in [6.07, 6.45) is 5.89. The molecule has 0 aliphatic carbocycles. The van der Waals surface area contributed by atoms with Crippen molar-refractivity contribution >= 4 is 0 Å². The standard InChI is InChI=1S/C12H24N4O/c1-4-7-13-11(6-5-8-17-3)9-12-14-10-15-16(12)2/h10-11,13H,4-9H2,1-3H3. The fourth-order valence-corrected chi connectivity index (χ4v) is 1.82. The van der Waals surface area contributed by atoms with Gasteiger partial charge in [-0.2, -0.15) is 5.10 Å². The largest absolute Gasteiger partial charge is 0.385 e. The molecule has 0 aromatic carbocycles. The summed E-state index contributed by atoms with van der Waals surface area (Å²) in [5, 5.41) is 7.66. The van der Waals surface area contributed by atoms with Crippen LogP contribution in [0.3, 0.4) is 0 Å². The van der Waals surface area contributed by atoms with Gasteiger partial charge in [0.2, 0.25) is 0 Å². The first-order valence-corrected chi connectivity index (χ1v) is 6.33. The molecule has 0 saturated carbocycles. The smallest absolute Gasteiger partial charge is 0.138 e. The average molecular weight is 240 g/mol. The van der Waals surface area contributed by atoms with Crippen LogP contribution in [0.5, 0.6) is 0 Å². The third-order valence-corrected chi connectivity index (χ3v) is 2.82. The molecule has 1 atom stereocenters. The molecule has 1 rings (SSSR count). The third kappa shape index (κ3) is 5.28. The Labute approximate surface area is 104 Å². The van der Waals surface area contributed by atoms with Gasteiger partial charge in [0.25, 0.3) is 0 Å². The predicted molar refractivity (Wildman–Crippen MR) is 67.9 cm³/mol. The minimum Gasteiger partial charge on any atom is -0.385 e. The van der Waals surface area contributed by atoms with Crippen molar-refractivity contribution < 1.29 is 4.74 Å². The second-order valence-corrected chi connectivity index (χ2v) is 4.29. The molecule has 0 amide bonds. The highest BCUT2D eigenvalue weighted by Crippen LogP contribution is 2.05. The minimum atomic E-state index is 0.466. The van der Waals surface area contributed by atoms with Crippen LogP contribution in [0.25, 0.3) is 0 Å². The first-order chi connectivity index (χ1) is 8.27. The molecule has 5 heteroatoms. The van der Waals surface area contributed by atoms with Crippen molar-refractivity contribution in [3.63, 3.8) is 0 Å². The van der Waals surface area contributed by atoms with E-state index in [0.29, 0.717) is 6.04 Å². The fourth-order valence-electron chi connectivity index (χ4n) is 1.82. The molecule has 1 N–H and O–H groups in total. The van der Waals surface area contributed by atoms with Crippen LogP contribution in [-0.4, -0.2) is 41.1 Å². The Bertz CT molecular complexity index is 300. The van der Waals surface area contributed by atoms with Crippen molar-refractivity contribution in [1.82, 2.24) is 20.1 Å². The molecule has 0 radical (unpaired) electrons. The number of hydrogen-bond donors (Lipinski definition) is 1. The number of aromatic nitrogens is 3. The van der Waals surface area contributed by atoms with E-state index in [0.717, 1.165) is 44.7 Å². The molecule has 0 bridgehead atoms. The van der Waals surface area contributed by atoms with Gasteiger partial charge in [-0.3, -0.25) is 4.68 Å². The zero-order chi connectivity index (χ0) is 12.5. The second kappa shape index (κ2) is 8.20. The first kappa shape index (κ1) is 14.1. The van der Waals surface area contributed by atoms with Crippen LogP contribution >= 0.6 is 0 Å². The zero-order valence-electron chi connectivity index (χ0n) is 11.1. The highest BCUT2D eigenvalue weighted by atomic mass is 16.5. The average Bonchev–Trinajstić information content (AvgIpc) is 2.72. The molecule has 5 nitrogen and oxygen atoms in total. The summed E-state index contributed by atoms with van der Waals surface area (Å²) in [6.45, 7) is 4.06. The van der Waals surface area contributed by atoms with Crippen LogP contribution < -0.4 is 5.32 Å². The van der Waals surface area contributed by atoms with Gasteiger partial charge in [0.15, 0.2) is 0 Å². The third-order valence-electron chi connectivity index (χ3n) is 2.82. The van der Waals surface area contributed by atoms with Crippen LogP contribution in [0.2, 0.25) is 0 Å². The Kier molecular flexibility index (Phi) is 6.81. The van der Waals surface area contributed by atoms with E-state index in [1.165, 1.54) is 0 Å². The van der Waals surface area contributed by atoms with Crippen molar-refractivity contribution in [2.45, 2.75) is 38.6 Å². The zero-order valence-corrected chi connectivity index (χ0v) is 11.1. The summed E-state index contributed by atoms with van der Waals surface area (Å²) in [5.74, 6) is 1.04. The highest BCUT2D eigenvalue weighted by molar-refractivity contribution is 4.88. The normalized spacial score (nSPS) is 12.9. The molecule has 0 aliphatic rings. The van der Waals surface area contributed by atoms with Crippen molar-refractivity contribution in [2.24, 2.45) is 7.05 Å². The van der Waals surface area contributed by atoms with E-state index in [1.807, 2.05) is 11.7 Å². The Morgan fingerprint density at radius 1 is 1.53 bits per heavy atom. The maximum absolute atomic E-state index is 5.09. The topological polar surface area (TPSA) is 52.0 Å². The van der Waals surface area contributed by atoms with Crippen molar-refractivity contribution in [3.8, 4) is 0 Å². The number of ether oxygens (including phenoxy) is 1. The van der Waals surface area contributed by atoms with Gasteiger partial charge < -0.3 is 10.1 Å². The fraction of sp³-hybridized carbons (Fsp3) is 0.833. The number of hydrogen-bond acceptors (Lipinski definition) is 4. The van der Waals surface area contributed by atoms with Crippen LogP contribution in [0, 0.1) is 0 Å². The second-order valence-electron chi connectivity index (χ2n) is 4.29. The van der Waals surface area contributed by atoms with E-state index in [-0.39, 0.29) is 0 Å². The van der Waals surface area contributed by atoms with E-state index in [1.54, 1.807) is 13.4 Å².